The number of hydrogen-bond acceptors (Lipinski definition) is 3. The third-order valence-corrected chi connectivity index (χ3v) is 3.89. The Morgan fingerprint density at radius 2 is 2.53 bits per heavy atom. The molecule has 1 amide bonds. The molecule has 1 aliphatic rings. The summed E-state index contributed by atoms with van der Waals surface area (Å²) in [6.07, 6.45) is 2.61. The molecule has 0 saturated carbocycles. The van der Waals surface area contributed by atoms with Crippen molar-refractivity contribution >= 4 is 17.4 Å². The van der Waals surface area contributed by atoms with Crippen molar-refractivity contribution in [1.29, 1.82) is 0 Å². The van der Waals surface area contributed by atoms with Gasteiger partial charge in [0.25, 0.3) is 0 Å². The number of amides is 1. The maximum atomic E-state index is 11.0. The van der Waals surface area contributed by atoms with Gasteiger partial charge in [0.15, 0.2) is 0 Å². The second kappa shape index (κ2) is 4.23. The lowest BCUT2D eigenvalue weighted by molar-refractivity contribution is 0.170. The van der Waals surface area contributed by atoms with E-state index in [2.05, 4.69) is 29.8 Å². The molecule has 1 fully saturated rings. The summed E-state index contributed by atoms with van der Waals surface area (Å²) in [6, 6.07) is 4.19. The molecular weight excluding hydrogens is 210 g/mol. The first-order valence-electron chi connectivity index (χ1n) is 5.21. The lowest BCUT2D eigenvalue weighted by Crippen LogP contribution is -2.43. The van der Waals surface area contributed by atoms with Crippen molar-refractivity contribution in [2.45, 2.75) is 31.7 Å². The van der Waals surface area contributed by atoms with Gasteiger partial charge >= 0.3 is 6.09 Å². The van der Waals surface area contributed by atoms with E-state index in [1.807, 2.05) is 0 Å². The van der Waals surface area contributed by atoms with Crippen LogP contribution in [0, 0.1) is 0 Å². The fourth-order valence-corrected chi connectivity index (χ4v) is 2.52. The Balaban J connectivity index is 1.94. The maximum Gasteiger partial charge on any atom is 0.407 e. The number of aryl methyl sites for hydroxylation is 1. The molecule has 0 aliphatic carbocycles. The molecule has 0 aromatic carbocycles. The zero-order valence-corrected chi connectivity index (χ0v) is 9.60. The summed E-state index contributed by atoms with van der Waals surface area (Å²) in [6.45, 7) is 2.59. The van der Waals surface area contributed by atoms with E-state index in [1.54, 1.807) is 11.3 Å². The average Bonchev–Trinajstić information content (AvgIpc) is 2.85. The monoisotopic (exact) mass is 225 g/mol. The quantitative estimate of drug-likeness (QED) is 0.855. The third kappa shape index (κ3) is 2.31. The van der Waals surface area contributed by atoms with Crippen molar-refractivity contribution in [2.24, 2.45) is 0 Å². The molecule has 2 rings (SSSR count). The SMILES string of the molecule is CC[C@@]1(CCc2cccs2)COC(=O)N1. The van der Waals surface area contributed by atoms with Crippen molar-refractivity contribution in [3.63, 3.8) is 0 Å². The summed E-state index contributed by atoms with van der Waals surface area (Å²) in [5.74, 6) is 0. The maximum absolute atomic E-state index is 11.0. The summed E-state index contributed by atoms with van der Waals surface area (Å²) < 4.78 is 4.98. The Labute approximate surface area is 93.4 Å². The fraction of sp³-hybridized carbons (Fsp3) is 0.545. The molecule has 0 radical (unpaired) electrons. The molecule has 2 heterocycles. The molecule has 1 N–H and O–H groups in total. The van der Waals surface area contributed by atoms with Crippen LogP contribution in [0.5, 0.6) is 0 Å². The summed E-state index contributed by atoms with van der Waals surface area (Å²) >= 11 is 1.76. The van der Waals surface area contributed by atoms with E-state index in [9.17, 15) is 4.79 Å². The van der Waals surface area contributed by atoms with Crippen LogP contribution in [0.4, 0.5) is 4.79 Å². The minimum absolute atomic E-state index is 0.138. The van der Waals surface area contributed by atoms with Crippen LogP contribution in [-0.4, -0.2) is 18.2 Å². The Kier molecular flexibility index (Phi) is 2.95. The molecule has 1 atom stereocenters. The number of carbonyl (C=O) groups is 1. The predicted molar refractivity (Wildman–Crippen MR) is 60.1 cm³/mol. The van der Waals surface area contributed by atoms with E-state index in [0.29, 0.717) is 6.61 Å². The second-order valence-corrected chi connectivity index (χ2v) is 4.95. The van der Waals surface area contributed by atoms with E-state index in [0.717, 1.165) is 19.3 Å². The van der Waals surface area contributed by atoms with E-state index in [4.69, 9.17) is 4.74 Å². The zero-order chi connectivity index (χ0) is 10.7. The van der Waals surface area contributed by atoms with E-state index < -0.39 is 0 Å². The molecule has 3 nitrogen and oxygen atoms in total. The van der Waals surface area contributed by atoms with Crippen molar-refractivity contribution in [1.82, 2.24) is 5.32 Å². The summed E-state index contributed by atoms with van der Waals surface area (Å²) in [5.41, 5.74) is -0.138. The van der Waals surface area contributed by atoms with Gasteiger partial charge in [-0.2, -0.15) is 0 Å². The first kappa shape index (κ1) is 10.5. The van der Waals surface area contributed by atoms with Gasteiger partial charge in [-0.05, 0) is 30.7 Å². The normalized spacial score (nSPS) is 25.0. The van der Waals surface area contributed by atoms with Gasteiger partial charge in [0, 0.05) is 4.88 Å². The number of alkyl carbamates (subject to hydrolysis) is 1. The molecule has 1 aromatic rings. The minimum Gasteiger partial charge on any atom is -0.447 e. The molecule has 1 saturated heterocycles. The number of cyclic esters (lactones) is 1. The summed E-state index contributed by atoms with van der Waals surface area (Å²) in [5, 5.41) is 5.00. The highest BCUT2D eigenvalue weighted by molar-refractivity contribution is 7.09. The van der Waals surface area contributed by atoms with Crippen molar-refractivity contribution in [2.75, 3.05) is 6.61 Å². The Hall–Kier alpha value is -1.03. The third-order valence-electron chi connectivity index (χ3n) is 2.95. The predicted octanol–water partition coefficient (Wildman–Crippen LogP) is 2.57. The first-order valence-corrected chi connectivity index (χ1v) is 6.09. The summed E-state index contributed by atoms with van der Waals surface area (Å²) in [4.78, 5) is 12.4. The summed E-state index contributed by atoms with van der Waals surface area (Å²) in [7, 11) is 0. The highest BCUT2D eigenvalue weighted by Crippen LogP contribution is 2.24. The van der Waals surface area contributed by atoms with Crippen LogP contribution in [-0.2, 0) is 11.2 Å². The minimum atomic E-state index is -0.275. The van der Waals surface area contributed by atoms with Crippen molar-refractivity contribution in [3.05, 3.63) is 22.4 Å². The fourth-order valence-electron chi connectivity index (χ4n) is 1.81. The molecule has 0 bridgehead atoms. The van der Waals surface area contributed by atoms with Crippen LogP contribution >= 0.6 is 11.3 Å². The topological polar surface area (TPSA) is 38.3 Å². The molecular formula is C11H15NO2S. The number of rotatable bonds is 4. The smallest absolute Gasteiger partial charge is 0.407 e. The van der Waals surface area contributed by atoms with Crippen LogP contribution in [0.25, 0.3) is 0 Å². The first-order chi connectivity index (χ1) is 7.24. The zero-order valence-electron chi connectivity index (χ0n) is 8.79. The van der Waals surface area contributed by atoms with Crippen LogP contribution in [0.1, 0.15) is 24.6 Å². The number of thiophene rings is 1. The van der Waals surface area contributed by atoms with Crippen LogP contribution in [0.3, 0.4) is 0 Å². The van der Waals surface area contributed by atoms with Gasteiger partial charge in [0.2, 0.25) is 0 Å². The lowest BCUT2D eigenvalue weighted by Gasteiger charge is -2.24. The standard InChI is InChI=1S/C11H15NO2S/c1-2-11(8-14-10(13)12-11)6-5-9-4-3-7-15-9/h3-4,7H,2,5-6,8H2,1H3,(H,12,13)/t11-/m1/s1. The van der Waals surface area contributed by atoms with Gasteiger partial charge in [-0.1, -0.05) is 13.0 Å². The molecule has 1 aliphatic heterocycles. The number of carbonyl (C=O) groups excluding carboxylic acids is 1. The van der Waals surface area contributed by atoms with Gasteiger partial charge in [-0.25, -0.2) is 4.79 Å². The second-order valence-electron chi connectivity index (χ2n) is 3.91. The number of nitrogens with one attached hydrogen (secondary N) is 1. The van der Waals surface area contributed by atoms with Crippen LogP contribution in [0.15, 0.2) is 17.5 Å². The Bertz CT molecular complexity index is 336. The van der Waals surface area contributed by atoms with Gasteiger partial charge in [0.1, 0.15) is 6.61 Å². The van der Waals surface area contributed by atoms with Gasteiger partial charge in [-0.3, -0.25) is 0 Å². The lowest BCUT2D eigenvalue weighted by atomic mass is 9.92. The Morgan fingerprint density at radius 3 is 3.07 bits per heavy atom. The van der Waals surface area contributed by atoms with Gasteiger partial charge in [0.05, 0.1) is 5.54 Å². The van der Waals surface area contributed by atoms with Gasteiger partial charge in [-0.15, -0.1) is 11.3 Å². The molecule has 1 aromatic heterocycles. The van der Waals surface area contributed by atoms with E-state index in [1.165, 1.54) is 4.88 Å². The highest BCUT2D eigenvalue weighted by atomic mass is 32.1. The van der Waals surface area contributed by atoms with Crippen LogP contribution in [0.2, 0.25) is 0 Å². The number of ether oxygens (including phenoxy) is 1. The van der Waals surface area contributed by atoms with Crippen molar-refractivity contribution < 1.29 is 9.53 Å². The van der Waals surface area contributed by atoms with Gasteiger partial charge < -0.3 is 10.1 Å². The van der Waals surface area contributed by atoms with E-state index in [-0.39, 0.29) is 11.6 Å². The van der Waals surface area contributed by atoms with Crippen LogP contribution < -0.4 is 5.32 Å². The highest BCUT2D eigenvalue weighted by Gasteiger charge is 2.37. The van der Waals surface area contributed by atoms with E-state index >= 15 is 0 Å². The molecule has 0 unspecified atom stereocenters. The van der Waals surface area contributed by atoms with Crippen molar-refractivity contribution in [3.8, 4) is 0 Å². The molecule has 82 valence electrons. The molecule has 0 spiro atoms. The molecule has 15 heavy (non-hydrogen) atoms. The Morgan fingerprint density at radius 1 is 1.67 bits per heavy atom. The largest absolute Gasteiger partial charge is 0.447 e. The average molecular weight is 225 g/mol. The molecule has 4 heteroatoms. The number of hydrogen-bond donors (Lipinski definition) is 1.